The van der Waals surface area contributed by atoms with Gasteiger partial charge in [-0.3, -0.25) is 4.79 Å². The van der Waals surface area contributed by atoms with Gasteiger partial charge in [-0.25, -0.2) is 0 Å². The molecular formula is C14H20ClNO. The van der Waals surface area contributed by atoms with Crippen molar-refractivity contribution in [3.63, 3.8) is 0 Å². The zero-order valence-corrected chi connectivity index (χ0v) is 11.7. The molecule has 2 nitrogen and oxygen atoms in total. The molecule has 1 amide bonds. The quantitative estimate of drug-likeness (QED) is 0.753. The van der Waals surface area contributed by atoms with Crippen molar-refractivity contribution in [2.75, 3.05) is 13.1 Å². The van der Waals surface area contributed by atoms with Gasteiger partial charge in [0.2, 0.25) is 5.91 Å². The molecule has 0 aliphatic heterocycles. The van der Waals surface area contributed by atoms with E-state index in [2.05, 4.69) is 6.07 Å². The summed E-state index contributed by atoms with van der Waals surface area (Å²) in [6.45, 7) is 9.35. The lowest BCUT2D eigenvalue weighted by Crippen LogP contribution is -2.33. The third-order valence-electron chi connectivity index (χ3n) is 2.99. The number of hydrogen-bond acceptors (Lipinski definition) is 1. The van der Waals surface area contributed by atoms with E-state index in [1.54, 1.807) is 4.90 Å². The van der Waals surface area contributed by atoms with Crippen LogP contribution >= 0.6 is 11.6 Å². The number of likely N-dealkylation sites (N-methyl/N-ethyl adjacent to an activating group) is 1. The Morgan fingerprint density at radius 3 is 2.35 bits per heavy atom. The fourth-order valence-corrected chi connectivity index (χ4v) is 2.32. The van der Waals surface area contributed by atoms with Crippen molar-refractivity contribution in [2.24, 2.45) is 0 Å². The number of aryl methyl sites for hydroxylation is 2. The van der Waals surface area contributed by atoms with E-state index in [-0.39, 0.29) is 5.91 Å². The maximum atomic E-state index is 12.1. The molecule has 3 heteroatoms. The first-order valence-corrected chi connectivity index (χ1v) is 6.44. The molecule has 0 spiro atoms. The van der Waals surface area contributed by atoms with Crippen LogP contribution in [0.4, 0.5) is 0 Å². The minimum absolute atomic E-state index is 0.0105. The summed E-state index contributed by atoms with van der Waals surface area (Å²) in [5, 5.41) is -0.574. The predicted octanol–water partition coefficient (Wildman–Crippen LogP) is 3.45. The molecule has 0 aromatic heterocycles. The molecular weight excluding hydrogens is 234 g/mol. The van der Waals surface area contributed by atoms with Crippen LogP contribution in [0.3, 0.4) is 0 Å². The van der Waals surface area contributed by atoms with Gasteiger partial charge in [-0.05, 0) is 38.8 Å². The maximum absolute atomic E-state index is 12.1. The van der Waals surface area contributed by atoms with Crippen LogP contribution in [-0.2, 0) is 4.79 Å². The average molecular weight is 254 g/mol. The van der Waals surface area contributed by atoms with E-state index >= 15 is 0 Å². The van der Waals surface area contributed by atoms with Crippen LogP contribution in [0.25, 0.3) is 0 Å². The Labute approximate surface area is 109 Å². The number of benzene rings is 1. The largest absolute Gasteiger partial charge is 0.342 e. The molecule has 0 radical (unpaired) electrons. The lowest BCUT2D eigenvalue weighted by atomic mass is 10.0. The first-order chi connectivity index (χ1) is 8.01. The molecule has 1 rings (SSSR count). The van der Waals surface area contributed by atoms with Gasteiger partial charge in [-0.15, -0.1) is 11.6 Å². The third-order valence-corrected chi connectivity index (χ3v) is 3.41. The highest BCUT2D eigenvalue weighted by Crippen LogP contribution is 2.26. The summed E-state index contributed by atoms with van der Waals surface area (Å²) < 4.78 is 0. The van der Waals surface area contributed by atoms with Gasteiger partial charge >= 0.3 is 0 Å². The summed E-state index contributed by atoms with van der Waals surface area (Å²) in [6.07, 6.45) is 0. The van der Waals surface area contributed by atoms with Crippen LogP contribution in [0.1, 0.15) is 35.9 Å². The molecule has 0 aliphatic rings. The second kappa shape index (κ2) is 6.06. The van der Waals surface area contributed by atoms with Gasteiger partial charge in [0.25, 0.3) is 0 Å². The second-order valence-electron chi connectivity index (χ2n) is 4.23. The van der Waals surface area contributed by atoms with Crippen LogP contribution in [0.2, 0.25) is 0 Å². The van der Waals surface area contributed by atoms with Crippen molar-refractivity contribution < 1.29 is 4.79 Å². The Bertz CT molecular complexity index is 399. The van der Waals surface area contributed by atoms with Gasteiger partial charge in [0.1, 0.15) is 5.38 Å². The van der Waals surface area contributed by atoms with Crippen LogP contribution < -0.4 is 0 Å². The van der Waals surface area contributed by atoms with Crippen molar-refractivity contribution in [1.82, 2.24) is 4.90 Å². The predicted molar refractivity (Wildman–Crippen MR) is 72.4 cm³/mol. The second-order valence-corrected chi connectivity index (χ2v) is 4.67. The van der Waals surface area contributed by atoms with Gasteiger partial charge in [0.15, 0.2) is 0 Å². The Morgan fingerprint density at radius 1 is 1.29 bits per heavy atom. The molecule has 0 heterocycles. The topological polar surface area (TPSA) is 20.3 Å². The van der Waals surface area contributed by atoms with Crippen molar-refractivity contribution in [3.8, 4) is 0 Å². The minimum atomic E-state index is -0.574. The number of carbonyl (C=O) groups is 1. The average Bonchev–Trinajstić information content (AvgIpc) is 2.29. The molecule has 17 heavy (non-hydrogen) atoms. The van der Waals surface area contributed by atoms with Gasteiger partial charge in [0, 0.05) is 13.1 Å². The van der Waals surface area contributed by atoms with Gasteiger partial charge in [0.05, 0.1) is 0 Å². The van der Waals surface area contributed by atoms with Crippen molar-refractivity contribution >= 4 is 17.5 Å². The molecule has 0 fully saturated rings. The Balaban J connectivity index is 2.95. The van der Waals surface area contributed by atoms with Crippen molar-refractivity contribution in [3.05, 3.63) is 34.9 Å². The molecule has 1 aromatic rings. The number of halogens is 1. The number of carbonyl (C=O) groups excluding carboxylic acids is 1. The highest BCUT2D eigenvalue weighted by atomic mass is 35.5. The minimum Gasteiger partial charge on any atom is -0.342 e. The van der Waals surface area contributed by atoms with E-state index in [1.165, 1.54) is 5.56 Å². The van der Waals surface area contributed by atoms with Gasteiger partial charge in [-0.2, -0.15) is 0 Å². The number of amides is 1. The summed E-state index contributed by atoms with van der Waals surface area (Å²) in [7, 11) is 0. The highest BCUT2D eigenvalue weighted by Gasteiger charge is 2.23. The number of alkyl halides is 1. The molecule has 0 saturated carbocycles. The molecule has 1 unspecified atom stereocenters. The third kappa shape index (κ3) is 3.22. The van der Waals surface area contributed by atoms with Crippen molar-refractivity contribution in [1.29, 1.82) is 0 Å². The molecule has 0 N–H and O–H groups in total. The Morgan fingerprint density at radius 2 is 1.88 bits per heavy atom. The summed E-state index contributed by atoms with van der Waals surface area (Å²) in [5.74, 6) is -0.0105. The fraction of sp³-hybridized carbons (Fsp3) is 0.500. The van der Waals surface area contributed by atoms with Crippen LogP contribution in [0.15, 0.2) is 18.2 Å². The zero-order valence-electron chi connectivity index (χ0n) is 11.0. The molecule has 0 saturated heterocycles. The van der Waals surface area contributed by atoms with Crippen LogP contribution in [0.5, 0.6) is 0 Å². The van der Waals surface area contributed by atoms with Gasteiger partial charge < -0.3 is 4.90 Å². The highest BCUT2D eigenvalue weighted by molar-refractivity contribution is 6.30. The SMILES string of the molecule is CCN(CC)C(=O)C(Cl)c1ccc(C)cc1C. The van der Waals surface area contributed by atoms with E-state index in [0.29, 0.717) is 13.1 Å². The van der Waals surface area contributed by atoms with E-state index in [4.69, 9.17) is 11.6 Å². The summed E-state index contributed by atoms with van der Waals surface area (Å²) in [6, 6.07) is 6.00. The first kappa shape index (κ1) is 14.0. The first-order valence-electron chi connectivity index (χ1n) is 6.01. The molecule has 0 bridgehead atoms. The summed E-state index contributed by atoms with van der Waals surface area (Å²) in [4.78, 5) is 13.9. The van der Waals surface area contributed by atoms with Crippen molar-refractivity contribution in [2.45, 2.75) is 33.1 Å². The molecule has 0 aliphatic carbocycles. The Kier molecular flexibility index (Phi) is 5.01. The summed E-state index contributed by atoms with van der Waals surface area (Å²) in [5.41, 5.74) is 3.17. The van der Waals surface area contributed by atoms with Crippen LogP contribution in [0, 0.1) is 13.8 Å². The summed E-state index contributed by atoms with van der Waals surface area (Å²) >= 11 is 6.28. The van der Waals surface area contributed by atoms with E-state index in [9.17, 15) is 4.79 Å². The monoisotopic (exact) mass is 253 g/mol. The number of nitrogens with zero attached hydrogens (tertiary/aromatic N) is 1. The molecule has 1 aromatic carbocycles. The standard InChI is InChI=1S/C14H20ClNO/c1-5-16(6-2)14(17)13(15)12-8-7-10(3)9-11(12)4/h7-9,13H,5-6H2,1-4H3. The lowest BCUT2D eigenvalue weighted by molar-refractivity contribution is -0.130. The van der Waals surface area contributed by atoms with E-state index < -0.39 is 5.38 Å². The Hall–Kier alpha value is -1.02. The molecule has 94 valence electrons. The number of rotatable bonds is 4. The van der Waals surface area contributed by atoms with E-state index in [0.717, 1.165) is 11.1 Å². The maximum Gasteiger partial charge on any atom is 0.245 e. The smallest absolute Gasteiger partial charge is 0.245 e. The zero-order chi connectivity index (χ0) is 13.0. The normalized spacial score (nSPS) is 12.3. The lowest BCUT2D eigenvalue weighted by Gasteiger charge is -2.22. The fourth-order valence-electron chi connectivity index (χ4n) is 1.94. The number of hydrogen-bond donors (Lipinski definition) is 0. The van der Waals surface area contributed by atoms with Gasteiger partial charge in [-0.1, -0.05) is 23.8 Å². The van der Waals surface area contributed by atoms with Crippen LogP contribution in [-0.4, -0.2) is 23.9 Å². The van der Waals surface area contributed by atoms with E-state index in [1.807, 2.05) is 39.8 Å². The molecule has 1 atom stereocenters.